The largest absolute Gasteiger partial charge is 0.497 e. The van der Waals surface area contributed by atoms with Crippen molar-refractivity contribution in [1.82, 2.24) is 19.7 Å². The van der Waals surface area contributed by atoms with Crippen LogP contribution in [0.2, 0.25) is 0 Å². The second-order valence-corrected chi connectivity index (χ2v) is 7.57. The molecule has 0 N–H and O–H groups in total. The summed E-state index contributed by atoms with van der Waals surface area (Å²) < 4.78 is 12.9. The van der Waals surface area contributed by atoms with Crippen LogP contribution in [-0.2, 0) is 17.8 Å². The Balaban J connectivity index is 1.55. The summed E-state index contributed by atoms with van der Waals surface area (Å²) in [6.45, 7) is 1.69. The quantitative estimate of drug-likeness (QED) is 0.725. The van der Waals surface area contributed by atoms with Gasteiger partial charge in [-0.3, -0.25) is 4.79 Å². The van der Waals surface area contributed by atoms with Gasteiger partial charge in [-0.25, -0.2) is 0 Å². The summed E-state index contributed by atoms with van der Waals surface area (Å²) in [4.78, 5) is 14.9. The molecule has 154 valence electrons. The summed E-state index contributed by atoms with van der Waals surface area (Å²) in [7, 11) is 3.24. The Kier molecular flexibility index (Phi) is 5.83. The third-order valence-electron chi connectivity index (χ3n) is 5.81. The Morgan fingerprint density at radius 2 is 2.00 bits per heavy atom. The van der Waals surface area contributed by atoms with E-state index in [1.165, 1.54) is 6.42 Å². The second-order valence-electron chi connectivity index (χ2n) is 7.57. The van der Waals surface area contributed by atoms with Gasteiger partial charge >= 0.3 is 0 Å². The Bertz CT molecular complexity index is 905. The predicted octanol–water partition coefficient (Wildman–Crippen LogP) is 3.40. The molecule has 29 heavy (non-hydrogen) atoms. The first-order valence-corrected chi connectivity index (χ1v) is 10.3. The van der Waals surface area contributed by atoms with Crippen molar-refractivity contribution in [2.75, 3.05) is 20.8 Å². The lowest BCUT2D eigenvalue weighted by Gasteiger charge is -2.23. The Morgan fingerprint density at radius 1 is 1.10 bits per heavy atom. The molecule has 1 aromatic carbocycles. The van der Waals surface area contributed by atoms with Gasteiger partial charge in [-0.1, -0.05) is 6.42 Å². The van der Waals surface area contributed by atoms with Crippen molar-refractivity contribution in [2.24, 2.45) is 0 Å². The van der Waals surface area contributed by atoms with Crippen LogP contribution >= 0.6 is 0 Å². The summed E-state index contributed by atoms with van der Waals surface area (Å²) in [5.74, 6) is 3.43. The molecule has 0 spiro atoms. The topological polar surface area (TPSA) is 69.5 Å². The number of amides is 1. The fourth-order valence-electron chi connectivity index (χ4n) is 4.28. The normalized spacial score (nSPS) is 19.2. The van der Waals surface area contributed by atoms with E-state index in [2.05, 4.69) is 14.8 Å². The van der Waals surface area contributed by atoms with E-state index in [1.807, 2.05) is 23.1 Å². The van der Waals surface area contributed by atoms with Crippen molar-refractivity contribution in [3.63, 3.8) is 0 Å². The van der Waals surface area contributed by atoms with E-state index in [9.17, 15) is 4.79 Å². The first-order valence-electron chi connectivity index (χ1n) is 10.3. The molecule has 1 unspecified atom stereocenters. The lowest BCUT2D eigenvalue weighted by molar-refractivity contribution is -0.127. The molecule has 1 atom stereocenters. The first kappa shape index (κ1) is 19.5. The zero-order chi connectivity index (χ0) is 20.2. The molecule has 7 nitrogen and oxygen atoms in total. The lowest BCUT2D eigenvalue weighted by Crippen LogP contribution is -2.30. The fourth-order valence-corrected chi connectivity index (χ4v) is 4.28. The van der Waals surface area contributed by atoms with Crippen LogP contribution in [0.5, 0.6) is 11.5 Å². The van der Waals surface area contributed by atoms with Gasteiger partial charge in [-0.05, 0) is 50.0 Å². The Labute approximate surface area is 171 Å². The number of likely N-dealkylation sites (tertiary alicyclic amines) is 1. The van der Waals surface area contributed by atoms with Crippen molar-refractivity contribution in [3.8, 4) is 11.5 Å². The zero-order valence-corrected chi connectivity index (χ0v) is 17.1. The van der Waals surface area contributed by atoms with E-state index in [1.54, 1.807) is 26.4 Å². The van der Waals surface area contributed by atoms with Crippen molar-refractivity contribution in [2.45, 2.75) is 51.1 Å². The molecule has 3 heterocycles. The number of hydrogen-bond donors (Lipinski definition) is 0. The van der Waals surface area contributed by atoms with Crippen molar-refractivity contribution >= 4 is 12.0 Å². The van der Waals surface area contributed by atoms with Gasteiger partial charge in [0.05, 0.1) is 20.3 Å². The monoisotopic (exact) mass is 396 g/mol. The molecule has 1 amide bonds. The van der Waals surface area contributed by atoms with E-state index in [0.717, 1.165) is 68.2 Å². The number of carbonyl (C=O) groups excluding carboxylic acids is 1. The third-order valence-corrected chi connectivity index (χ3v) is 5.81. The molecule has 0 radical (unpaired) electrons. The van der Waals surface area contributed by atoms with Gasteiger partial charge in [0.15, 0.2) is 5.82 Å². The van der Waals surface area contributed by atoms with E-state index in [0.29, 0.717) is 5.75 Å². The highest BCUT2D eigenvalue weighted by Crippen LogP contribution is 2.33. The average Bonchev–Trinajstić information content (AvgIpc) is 3.32. The van der Waals surface area contributed by atoms with Crippen LogP contribution in [0.25, 0.3) is 6.08 Å². The summed E-state index contributed by atoms with van der Waals surface area (Å²) in [5, 5.41) is 8.90. The Hall–Kier alpha value is -2.83. The van der Waals surface area contributed by atoms with Crippen LogP contribution in [0.3, 0.4) is 0 Å². The number of carbonyl (C=O) groups is 1. The summed E-state index contributed by atoms with van der Waals surface area (Å²) in [6, 6.07) is 5.54. The molecule has 1 saturated heterocycles. The highest BCUT2D eigenvalue weighted by Gasteiger charge is 2.33. The molecule has 2 aliphatic heterocycles. The fraction of sp³-hybridized carbons (Fsp3) is 0.500. The molecular weight excluding hydrogens is 368 g/mol. The minimum Gasteiger partial charge on any atom is -0.497 e. The molecule has 0 saturated carbocycles. The summed E-state index contributed by atoms with van der Waals surface area (Å²) in [6.07, 6.45) is 9.84. The van der Waals surface area contributed by atoms with Gasteiger partial charge in [0.1, 0.15) is 17.3 Å². The van der Waals surface area contributed by atoms with Crippen molar-refractivity contribution in [1.29, 1.82) is 0 Å². The number of aromatic nitrogens is 3. The molecule has 1 aromatic heterocycles. The SMILES string of the molecule is COc1ccc(OC)c(/C=C/C(=O)N2CCCC2c2nnc3n2CCCCC3)c1. The highest BCUT2D eigenvalue weighted by atomic mass is 16.5. The van der Waals surface area contributed by atoms with E-state index in [4.69, 9.17) is 9.47 Å². The number of methoxy groups -OCH3 is 2. The van der Waals surface area contributed by atoms with Crippen LogP contribution in [-0.4, -0.2) is 46.3 Å². The van der Waals surface area contributed by atoms with Crippen LogP contribution in [0, 0.1) is 0 Å². The van der Waals surface area contributed by atoms with E-state index in [-0.39, 0.29) is 11.9 Å². The minimum absolute atomic E-state index is 0.00120. The standard InChI is InChI=1S/C22H28N4O3/c1-28-17-10-11-19(29-2)16(15-17)9-12-21(27)25-14-6-7-18(25)22-24-23-20-8-4-3-5-13-26(20)22/h9-12,15,18H,3-8,13-14H2,1-2H3/b12-9+. The van der Waals surface area contributed by atoms with E-state index >= 15 is 0 Å². The summed E-state index contributed by atoms with van der Waals surface area (Å²) in [5.41, 5.74) is 0.812. The molecule has 0 aliphatic carbocycles. The molecule has 2 aromatic rings. The molecular formula is C22H28N4O3. The van der Waals surface area contributed by atoms with Gasteiger partial charge in [-0.2, -0.15) is 0 Å². The van der Waals surface area contributed by atoms with Crippen molar-refractivity contribution < 1.29 is 14.3 Å². The number of rotatable bonds is 5. The number of nitrogens with zero attached hydrogens (tertiary/aromatic N) is 4. The number of ether oxygens (including phenoxy) is 2. The smallest absolute Gasteiger partial charge is 0.247 e. The maximum Gasteiger partial charge on any atom is 0.247 e. The third kappa shape index (κ3) is 3.99. The average molecular weight is 396 g/mol. The molecule has 2 aliphatic rings. The van der Waals surface area contributed by atoms with Crippen LogP contribution in [0.4, 0.5) is 0 Å². The molecule has 1 fully saturated rings. The minimum atomic E-state index is -0.0108. The van der Waals surface area contributed by atoms with Crippen LogP contribution in [0.15, 0.2) is 24.3 Å². The van der Waals surface area contributed by atoms with Gasteiger partial charge in [0.2, 0.25) is 5.91 Å². The maximum atomic E-state index is 13.0. The summed E-state index contributed by atoms with van der Waals surface area (Å²) >= 11 is 0. The van der Waals surface area contributed by atoms with Gasteiger partial charge < -0.3 is 18.9 Å². The Morgan fingerprint density at radius 3 is 2.83 bits per heavy atom. The lowest BCUT2D eigenvalue weighted by atomic mass is 10.1. The van der Waals surface area contributed by atoms with Crippen molar-refractivity contribution in [3.05, 3.63) is 41.5 Å². The number of aryl methyl sites for hydroxylation is 1. The maximum absolute atomic E-state index is 13.0. The van der Waals surface area contributed by atoms with Gasteiger partial charge in [0.25, 0.3) is 0 Å². The van der Waals surface area contributed by atoms with E-state index < -0.39 is 0 Å². The molecule has 7 heteroatoms. The highest BCUT2D eigenvalue weighted by molar-refractivity contribution is 5.92. The number of benzene rings is 1. The predicted molar refractivity (Wildman–Crippen MR) is 110 cm³/mol. The van der Waals surface area contributed by atoms with Gasteiger partial charge in [-0.15, -0.1) is 10.2 Å². The number of hydrogen-bond acceptors (Lipinski definition) is 5. The molecule has 0 bridgehead atoms. The zero-order valence-electron chi connectivity index (χ0n) is 17.1. The first-order chi connectivity index (χ1) is 14.2. The van der Waals surface area contributed by atoms with Gasteiger partial charge in [0, 0.05) is 31.1 Å². The van der Waals surface area contributed by atoms with Crippen LogP contribution in [0.1, 0.15) is 55.4 Å². The van der Waals surface area contributed by atoms with Crippen LogP contribution < -0.4 is 9.47 Å². The second kappa shape index (κ2) is 8.68. The molecule has 4 rings (SSSR count). The number of fused-ring (bicyclic) bond motifs is 1.